The van der Waals surface area contributed by atoms with Crippen molar-refractivity contribution in [3.8, 4) is 0 Å². The molecule has 1 saturated carbocycles. The van der Waals surface area contributed by atoms with Crippen molar-refractivity contribution >= 4 is 33.4 Å². The Hall–Kier alpha value is -3.73. The maximum absolute atomic E-state index is 13.2. The summed E-state index contributed by atoms with van der Waals surface area (Å²) in [6, 6.07) is 5.71. The van der Waals surface area contributed by atoms with Crippen molar-refractivity contribution in [2.24, 2.45) is 5.92 Å². The number of benzene rings is 2. The number of anilines is 1. The van der Waals surface area contributed by atoms with E-state index in [1.165, 1.54) is 12.1 Å². The minimum atomic E-state index is -5.32. The predicted octanol–water partition coefficient (Wildman–Crippen LogP) is 4.56. The van der Waals surface area contributed by atoms with Crippen LogP contribution in [-0.4, -0.2) is 51.1 Å². The Morgan fingerprint density at radius 3 is 2.09 bits per heavy atom. The summed E-state index contributed by atoms with van der Waals surface area (Å²) < 4.78 is 121. The molecule has 0 spiro atoms. The molecule has 0 radical (unpaired) electrons. The van der Waals surface area contributed by atoms with E-state index in [9.17, 15) is 53.5 Å². The summed E-state index contributed by atoms with van der Waals surface area (Å²) in [6.45, 7) is 1.05. The molecule has 45 heavy (non-hydrogen) atoms. The van der Waals surface area contributed by atoms with Crippen LogP contribution in [0.25, 0.3) is 0 Å². The van der Waals surface area contributed by atoms with E-state index in [0.29, 0.717) is 18.4 Å². The average Bonchev–Trinajstić information content (AvgIpc) is 2.96. The number of hydrogen-bond acceptors (Lipinski definition) is 5. The molecule has 3 amide bonds. The first-order valence-electron chi connectivity index (χ1n) is 13.9. The number of hydrogen-bond donors (Lipinski definition) is 3. The number of rotatable bonds is 7. The van der Waals surface area contributed by atoms with Crippen molar-refractivity contribution in [3.05, 3.63) is 59.4 Å². The Bertz CT molecular complexity index is 1540. The first-order valence-corrected chi connectivity index (χ1v) is 15.3. The van der Waals surface area contributed by atoms with E-state index in [4.69, 9.17) is 0 Å². The third kappa shape index (κ3) is 8.11. The molecule has 9 nitrogen and oxygen atoms in total. The van der Waals surface area contributed by atoms with E-state index in [0.717, 1.165) is 18.2 Å². The van der Waals surface area contributed by atoms with Crippen LogP contribution in [0.15, 0.2) is 47.4 Å². The van der Waals surface area contributed by atoms with Gasteiger partial charge in [0.2, 0.25) is 15.9 Å². The van der Waals surface area contributed by atoms with E-state index in [1.54, 1.807) is 24.4 Å². The lowest BCUT2D eigenvalue weighted by Crippen LogP contribution is -2.48. The average molecular weight is 667 g/mol. The van der Waals surface area contributed by atoms with E-state index in [1.807, 2.05) is 0 Å². The van der Waals surface area contributed by atoms with Crippen LogP contribution in [0.4, 0.5) is 36.4 Å². The molecule has 246 valence electrons. The quantitative estimate of drug-likeness (QED) is 0.374. The molecule has 4 rings (SSSR count). The molecular weight excluding hydrogens is 637 g/mol. The highest BCUT2D eigenvalue weighted by Gasteiger charge is 2.46. The molecule has 2 aliphatic rings. The molecule has 3 N–H and O–H groups in total. The van der Waals surface area contributed by atoms with E-state index in [2.05, 4.69) is 10.0 Å². The summed E-state index contributed by atoms with van der Waals surface area (Å²) in [7, 11) is -4.38. The fraction of sp³-hybridized carbons (Fsp3) is 0.464. The van der Waals surface area contributed by atoms with Gasteiger partial charge in [-0.25, -0.2) is 17.5 Å². The van der Waals surface area contributed by atoms with E-state index in [-0.39, 0.29) is 23.6 Å². The summed E-state index contributed by atoms with van der Waals surface area (Å²) in [5, 5.41) is 4.51. The second kappa shape index (κ2) is 12.9. The van der Waals surface area contributed by atoms with Gasteiger partial charge in [0.05, 0.1) is 17.0 Å². The van der Waals surface area contributed by atoms with Gasteiger partial charge in [-0.05, 0) is 80.5 Å². The van der Waals surface area contributed by atoms with Gasteiger partial charge in [0.15, 0.2) is 0 Å². The van der Waals surface area contributed by atoms with Gasteiger partial charge in [-0.2, -0.15) is 26.3 Å². The van der Waals surface area contributed by atoms with E-state index < -0.39 is 93.2 Å². The van der Waals surface area contributed by atoms with Crippen LogP contribution in [0.1, 0.15) is 62.2 Å². The molecule has 1 aliphatic heterocycles. The fourth-order valence-electron chi connectivity index (χ4n) is 5.44. The first kappa shape index (κ1) is 34.1. The zero-order chi connectivity index (χ0) is 33.3. The lowest BCUT2D eigenvalue weighted by Gasteiger charge is -2.35. The number of sulfonamides is 1. The third-order valence-corrected chi connectivity index (χ3v) is 9.33. The maximum atomic E-state index is 13.2. The van der Waals surface area contributed by atoms with Crippen LogP contribution >= 0.6 is 0 Å². The molecule has 0 bridgehead atoms. The number of carbonyl (C=O) groups excluding carboxylic acids is 3. The van der Waals surface area contributed by atoms with E-state index >= 15 is 0 Å². The molecule has 0 aromatic heterocycles. The largest absolute Gasteiger partial charge is 0.471 e. The molecule has 1 unspecified atom stereocenters. The van der Waals surface area contributed by atoms with Gasteiger partial charge in [0.25, 0.3) is 0 Å². The Kier molecular flexibility index (Phi) is 9.82. The molecular formula is C28H29F7N4O5S. The van der Waals surface area contributed by atoms with Crippen LogP contribution in [0.2, 0.25) is 0 Å². The Labute approximate surface area is 253 Å². The van der Waals surface area contributed by atoms with Crippen molar-refractivity contribution in [1.29, 1.82) is 0 Å². The van der Waals surface area contributed by atoms with Gasteiger partial charge < -0.3 is 15.5 Å². The van der Waals surface area contributed by atoms with Gasteiger partial charge in [0, 0.05) is 24.2 Å². The molecule has 1 heterocycles. The topological polar surface area (TPSA) is 125 Å². The van der Waals surface area contributed by atoms with Crippen molar-refractivity contribution in [3.63, 3.8) is 0 Å². The molecule has 2 aromatic rings. The summed E-state index contributed by atoms with van der Waals surface area (Å²) in [4.78, 5) is 36.2. The Balaban J connectivity index is 1.46. The third-order valence-electron chi connectivity index (χ3n) is 7.82. The second-order valence-corrected chi connectivity index (χ2v) is 12.7. The number of alkyl halides is 6. The van der Waals surface area contributed by atoms with Crippen molar-refractivity contribution in [2.75, 3.05) is 11.4 Å². The molecule has 0 saturated heterocycles. The van der Waals surface area contributed by atoms with Gasteiger partial charge in [0.1, 0.15) is 5.82 Å². The summed E-state index contributed by atoms with van der Waals surface area (Å²) in [5.41, 5.74) is -0.200. The fourth-order valence-corrected chi connectivity index (χ4v) is 6.78. The number of nitrogens with one attached hydrogen (secondary N) is 3. The highest BCUT2D eigenvalue weighted by atomic mass is 32.2. The van der Waals surface area contributed by atoms with Gasteiger partial charge in [-0.1, -0.05) is 12.1 Å². The van der Waals surface area contributed by atoms with Crippen LogP contribution in [0.5, 0.6) is 0 Å². The lowest BCUT2D eigenvalue weighted by atomic mass is 9.85. The summed E-state index contributed by atoms with van der Waals surface area (Å²) >= 11 is 0. The highest BCUT2D eigenvalue weighted by molar-refractivity contribution is 7.89. The minimum absolute atomic E-state index is 0.255. The van der Waals surface area contributed by atoms with Gasteiger partial charge in [-0.15, -0.1) is 0 Å². The van der Waals surface area contributed by atoms with Crippen LogP contribution in [-0.2, 0) is 24.4 Å². The number of nitrogens with zero attached hydrogens (tertiary/aromatic N) is 1. The highest BCUT2D eigenvalue weighted by Crippen LogP contribution is 2.38. The Morgan fingerprint density at radius 1 is 0.889 bits per heavy atom. The number of amides is 3. The number of halogens is 7. The SMILES string of the molecule is C[C@@H](NC(=O)[C@H]1CC[C@H](NS(=O)(=O)c2ccc3c(c2)C(NC(=O)C(F)(F)F)CCN3C(=O)C(F)(F)F)CC1)c1ccc(F)cc1. The monoisotopic (exact) mass is 666 g/mol. The van der Waals surface area contributed by atoms with Crippen molar-refractivity contribution < 1.29 is 53.5 Å². The molecule has 2 atom stereocenters. The molecule has 2 aromatic carbocycles. The second-order valence-electron chi connectivity index (χ2n) is 10.9. The lowest BCUT2D eigenvalue weighted by molar-refractivity contribution is -0.174. The molecule has 17 heteroatoms. The van der Waals surface area contributed by atoms with Gasteiger partial charge in [-0.3, -0.25) is 14.4 Å². The zero-order valence-corrected chi connectivity index (χ0v) is 24.5. The van der Waals surface area contributed by atoms with Crippen molar-refractivity contribution in [1.82, 2.24) is 15.4 Å². The first-order chi connectivity index (χ1) is 20.9. The summed E-state index contributed by atoms with van der Waals surface area (Å²) in [6.07, 6.45) is -10.0. The molecule has 1 aliphatic carbocycles. The zero-order valence-electron chi connectivity index (χ0n) is 23.6. The number of fused-ring (bicyclic) bond motifs is 1. The predicted molar refractivity (Wildman–Crippen MR) is 145 cm³/mol. The van der Waals surface area contributed by atoms with Crippen LogP contribution < -0.4 is 20.3 Å². The molecule has 1 fully saturated rings. The van der Waals surface area contributed by atoms with Crippen molar-refractivity contribution in [2.45, 2.75) is 74.4 Å². The minimum Gasteiger partial charge on any atom is -0.349 e. The summed E-state index contributed by atoms with van der Waals surface area (Å²) in [5.74, 6) is -5.78. The standard InChI is InChI=1S/C28H29F7N4O5S/c1-15(16-2-6-18(29)7-3-16)36-24(40)17-4-8-19(9-5-17)38-45(43,44)20-10-11-23-21(14-20)22(37-25(41)27(30,31)32)12-13-39(23)26(42)28(33,34)35/h2-3,6-7,10-11,14-15,17,19,22,38H,4-5,8-9,12-13H2,1H3,(H,36,40)(H,37,41)/t15-,17-,19-,22?/m1/s1. The Morgan fingerprint density at radius 2 is 1.51 bits per heavy atom. The smallest absolute Gasteiger partial charge is 0.349 e. The van der Waals surface area contributed by atoms with Crippen LogP contribution in [0.3, 0.4) is 0 Å². The normalized spacial score (nSPS) is 21.4. The van der Waals surface area contributed by atoms with Crippen LogP contribution in [0, 0.1) is 11.7 Å². The van der Waals surface area contributed by atoms with Gasteiger partial charge >= 0.3 is 24.2 Å². The maximum Gasteiger partial charge on any atom is 0.471 e. The number of carbonyl (C=O) groups is 3.